The molecular formula is C17H17FN2O. The first kappa shape index (κ1) is 13.8. The van der Waals surface area contributed by atoms with Crippen molar-refractivity contribution in [3.63, 3.8) is 0 Å². The number of fused-ring (bicyclic) bond motifs is 1. The van der Waals surface area contributed by atoms with Gasteiger partial charge < -0.3 is 4.42 Å². The van der Waals surface area contributed by atoms with E-state index in [2.05, 4.69) is 5.43 Å². The summed E-state index contributed by atoms with van der Waals surface area (Å²) < 4.78 is 20.1. The number of hydrogen-bond donors (Lipinski definition) is 2. The minimum Gasteiger partial charge on any atom is -0.459 e. The van der Waals surface area contributed by atoms with Crippen LogP contribution in [-0.4, -0.2) is 0 Å². The van der Waals surface area contributed by atoms with Gasteiger partial charge in [-0.15, -0.1) is 0 Å². The number of hydrazine groups is 1. The molecule has 0 fully saturated rings. The van der Waals surface area contributed by atoms with Gasteiger partial charge in [-0.25, -0.2) is 9.82 Å². The zero-order chi connectivity index (χ0) is 15.0. The Morgan fingerprint density at radius 1 is 1.14 bits per heavy atom. The molecule has 0 amide bonds. The Labute approximate surface area is 122 Å². The van der Waals surface area contributed by atoms with Crippen LogP contribution in [0.5, 0.6) is 0 Å². The number of hydrogen-bond acceptors (Lipinski definition) is 3. The van der Waals surface area contributed by atoms with E-state index in [9.17, 15) is 4.39 Å². The Morgan fingerprint density at radius 3 is 2.71 bits per heavy atom. The number of aryl methyl sites for hydroxylation is 2. The van der Waals surface area contributed by atoms with Gasteiger partial charge in [0.1, 0.15) is 23.2 Å². The summed E-state index contributed by atoms with van der Waals surface area (Å²) in [5, 5.41) is 0.985. The fraction of sp³-hybridized carbons (Fsp3) is 0.176. The minimum atomic E-state index is -0.516. The number of halogens is 1. The third-order valence-electron chi connectivity index (χ3n) is 3.67. The van der Waals surface area contributed by atoms with Crippen molar-refractivity contribution >= 4 is 11.0 Å². The molecule has 0 saturated heterocycles. The van der Waals surface area contributed by atoms with E-state index in [1.54, 1.807) is 19.1 Å². The molecule has 0 aliphatic heterocycles. The Morgan fingerprint density at radius 2 is 1.95 bits per heavy atom. The van der Waals surface area contributed by atoms with E-state index in [1.807, 2.05) is 37.3 Å². The lowest BCUT2D eigenvalue weighted by Crippen LogP contribution is -2.29. The van der Waals surface area contributed by atoms with E-state index in [4.69, 9.17) is 10.3 Å². The monoisotopic (exact) mass is 284 g/mol. The highest BCUT2D eigenvalue weighted by atomic mass is 19.1. The zero-order valence-electron chi connectivity index (χ0n) is 12.0. The standard InChI is InChI=1S/C17H17FN2O/c1-10-6-7-14-12(8-10)9-15(21-14)17(20-19)13-5-3-4-11(2)16(13)18/h3-9,17,20H,19H2,1-2H3. The Balaban J connectivity index is 2.11. The molecule has 0 spiro atoms. The first-order valence-electron chi connectivity index (χ1n) is 6.81. The average molecular weight is 284 g/mol. The lowest BCUT2D eigenvalue weighted by atomic mass is 10.0. The van der Waals surface area contributed by atoms with Gasteiger partial charge in [0.2, 0.25) is 0 Å². The summed E-state index contributed by atoms with van der Waals surface area (Å²) in [6, 6.07) is 12.6. The molecule has 1 heterocycles. The maximum absolute atomic E-state index is 14.3. The molecule has 108 valence electrons. The molecule has 1 aromatic heterocycles. The van der Waals surface area contributed by atoms with Crippen molar-refractivity contribution in [1.82, 2.24) is 5.43 Å². The summed E-state index contributed by atoms with van der Waals surface area (Å²) in [6.07, 6.45) is 0. The molecule has 1 unspecified atom stereocenters. The van der Waals surface area contributed by atoms with Crippen LogP contribution in [0, 0.1) is 19.7 Å². The molecule has 3 aromatic rings. The molecule has 1 atom stereocenters. The molecule has 21 heavy (non-hydrogen) atoms. The molecule has 3 nitrogen and oxygen atoms in total. The largest absolute Gasteiger partial charge is 0.459 e. The van der Waals surface area contributed by atoms with Gasteiger partial charge in [0, 0.05) is 10.9 Å². The summed E-state index contributed by atoms with van der Waals surface area (Å²) in [6.45, 7) is 3.75. The van der Waals surface area contributed by atoms with Crippen LogP contribution in [0.3, 0.4) is 0 Å². The van der Waals surface area contributed by atoms with Gasteiger partial charge >= 0.3 is 0 Å². The molecule has 3 N–H and O–H groups in total. The van der Waals surface area contributed by atoms with E-state index in [0.717, 1.165) is 16.5 Å². The molecule has 0 radical (unpaired) electrons. The Kier molecular flexibility index (Phi) is 3.49. The molecular weight excluding hydrogens is 267 g/mol. The predicted molar refractivity (Wildman–Crippen MR) is 81.3 cm³/mol. The fourth-order valence-electron chi connectivity index (χ4n) is 2.54. The SMILES string of the molecule is Cc1ccc2oc(C(NN)c3cccc(C)c3F)cc2c1. The highest BCUT2D eigenvalue weighted by molar-refractivity contribution is 5.79. The van der Waals surface area contributed by atoms with Gasteiger partial charge in [0.05, 0.1) is 0 Å². The normalized spacial score (nSPS) is 12.8. The second kappa shape index (κ2) is 5.31. The topological polar surface area (TPSA) is 51.2 Å². The molecule has 4 heteroatoms. The van der Waals surface area contributed by atoms with Crippen LogP contribution in [0.2, 0.25) is 0 Å². The summed E-state index contributed by atoms with van der Waals surface area (Å²) in [5.74, 6) is 5.96. The lowest BCUT2D eigenvalue weighted by Gasteiger charge is -2.15. The second-order valence-corrected chi connectivity index (χ2v) is 5.27. The summed E-state index contributed by atoms with van der Waals surface area (Å²) >= 11 is 0. The van der Waals surface area contributed by atoms with Gasteiger partial charge in [-0.1, -0.05) is 29.8 Å². The van der Waals surface area contributed by atoms with Gasteiger partial charge in [-0.3, -0.25) is 5.84 Å². The van der Waals surface area contributed by atoms with Crippen molar-refractivity contribution < 1.29 is 8.81 Å². The molecule has 3 rings (SSSR count). The molecule has 2 aromatic carbocycles. The van der Waals surface area contributed by atoms with Crippen LogP contribution in [0.1, 0.15) is 28.5 Å². The molecule has 0 aliphatic carbocycles. The van der Waals surface area contributed by atoms with Crippen molar-refractivity contribution in [2.75, 3.05) is 0 Å². The molecule has 0 saturated carbocycles. The number of rotatable bonds is 3. The van der Waals surface area contributed by atoms with Crippen molar-refractivity contribution in [2.24, 2.45) is 5.84 Å². The summed E-state index contributed by atoms with van der Waals surface area (Å²) in [7, 11) is 0. The minimum absolute atomic E-state index is 0.267. The van der Waals surface area contributed by atoms with E-state index in [1.165, 1.54) is 0 Å². The predicted octanol–water partition coefficient (Wildman–Crippen LogP) is 3.74. The van der Waals surface area contributed by atoms with E-state index >= 15 is 0 Å². The second-order valence-electron chi connectivity index (χ2n) is 5.27. The smallest absolute Gasteiger partial charge is 0.134 e. The van der Waals surface area contributed by atoms with Gasteiger partial charge in [-0.2, -0.15) is 0 Å². The number of furan rings is 1. The number of benzene rings is 2. The first-order valence-corrected chi connectivity index (χ1v) is 6.81. The van der Waals surface area contributed by atoms with Crippen molar-refractivity contribution in [3.05, 3.63) is 70.7 Å². The highest BCUT2D eigenvalue weighted by Gasteiger charge is 2.21. The van der Waals surface area contributed by atoms with Crippen molar-refractivity contribution in [1.29, 1.82) is 0 Å². The Bertz CT molecular complexity index is 795. The first-order chi connectivity index (χ1) is 10.1. The molecule has 0 aliphatic rings. The number of nitrogens with one attached hydrogen (secondary N) is 1. The van der Waals surface area contributed by atoms with E-state index in [-0.39, 0.29) is 5.82 Å². The van der Waals surface area contributed by atoms with Crippen molar-refractivity contribution in [3.8, 4) is 0 Å². The van der Waals surface area contributed by atoms with Crippen LogP contribution < -0.4 is 11.3 Å². The third kappa shape index (κ3) is 2.44. The zero-order valence-corrected chi connectivity index (χ0v) is 12.0. The van der Waals surface area contributed by atoms with E-state index in [0.29, 0.717) is 16.9 Å². The van der Waals surface area contributed by atoms with E-state index < -0.39 is 6.04 Å². The van der Waals surface area contributed by atoms with Crippen molar-refractivity contribution in [2.45, 2.75) is 19.9 Å². The van der Waals surface area contributed by atoms with Gasteiger partial charge in [-0.05, 0) is 37.6 Å². The quantitative estimate of drug-likeness (QED) is 0.569. The fourth-order valence-corrected chi connectivity index (χ4v) is 2.54. The average Bonchev–Trinajstić information content (AvgIpc) is 2.87. The van der Waals surface area contributed by atoms with Gasteiger partial charge in [0.15, 0.2) is 0 Å². The lowest BCUT2D eigenvalue weighted by molar-refractivity contribution is 0.461. The van der Waals surface area contributed by atoms with Crippen LogP contribution >= 0.6 is 0 Å². The maximum Gasteiger partial charge on any atom is 0.134 e. The molecule has 0 bridgehead atoms. The number of nitrogens with two attached hydrogens (primary N) is 1. The summed E-state index contributed by atoms with van der Waals surface area (Å²) in [4.78, 5) is 0. The van der Waals surface area contributed by atoms with Crippen LogP contribution in [0.4, 0.5) is 4.39 Å². The maximum atomic E-state index is 14.3. The highest BCUT2D eigenvalue weighted by Crippen LogP contribution is 2.30. The Hall–Kier alpha value is -2.17. The third-order valence-corrected chi connectivity index (χ3v) is 3.67. The van der Waals surface area contributed by atoms with Gasteiger partial charge in [0.25, 0.3) is 0 Å². The van der Waals surface area contributed by atoms with Crippen LogP contribution in [0.25, 0.3) is 11.0 Å². The van der Waals surface area contributed by atoms with Crippen LogP contribution in [-0.2, 0) is 0 Å². The van der Waals surface area contributed by atoms with Crippen LogP contribution in [0.15, 0.2) is 46.9 Å². The summed E-state index contributed by atoms with van der Waals surface area (Å²) in [5.41, 5.74) is 5.62.